The van der Waals surface area contributed by atoms with Crippen LogP contribution in [0.2, 0.25) is 0 Å². The topological polar surface area (TPSA) is 69.6 Å². The molecular weight excluding hydrogens is 410 g/mol. The van der Waals surface area contributed by atoms with Crippen LogP contribution >= 0.6 is 0 Å². The van der Waals surface area contributed by atoms with Crippen LogP contribution < -0.4 is 9.80 Å². The number of rotatable bonds is 4. The van der Waals surface area contributed by atoms with Crippen molar-refractivity contribution in [1.29, 1.82) is 0 Å². The molecule has 0 radical (unpaired) electrons. The summed E-state index contributed by atoms with van der Waals surface area (Å²) in [5.74, 6) is 2.65. The number of aromatic nitrogens is 2. The molecule has 0 saturated carbocycles. The lowest BCUT2D eigenvalue weighted by Crippen LogP contribution is -2.49. The quantitative estimate of drug-likeness (QED) is 0.723. The van der Waals surface area contributed by atoms with E-state index < -0.39 is 10.0 Å². The van der Waals surface area contributed by atoms with Crippen LogP contribution in [-0.4, -0.2) is 62.0 Å². The number of nitrogens with zero attached hydrogens (tertiary/aromatic N) is 5. The highest BCUT2D eigenvalue weighted by Gasteiger charge is 2.31. The summed E-state index contributed by atoms with van der Waals surface area (Å²) in [6, 6.07) is 5.96. The summed E-state index contributed by atoms with van der Waals surface area (Å²) in [5.41, 5.74) is 2.72. The van der Waals surface area contributed by atoms with Crippen LogP contribution in [0, 0.1) is 27.7 Å². The van der Waals surface area contributed by atoms with Crippen LogP contribution in [0.15, 0.2) is 23.1 Å². The number of sulfonamides is 1. The molecule has 2 aromatic rings. The molecule has 0 aliphatic carbocycles. The number of aryl methyl sites for hydroxylation is 4. The highest BCUT2D eigenvalue weighted by atomic mass is 32.2. The van der Waals surface area contributed by atoms with Crippen LogP contribution in [-0.2, 0) is 10.0 Å². The molecule has 3 heterocycles. The van der Waals surface area contributed by atoms with E-state index in [2.05, 4.69) is 25.8 Å². The lowest BCUT2D eigenvalue weighted by molar-refractivity contribution is 0.383. The van der Waals surface area contributed by atoms with Crippen molar-refractivity contribution in [2.24, 2.45) is 0 Å². The molecule has 2 aliphatic heterocycles. The zero-order chi connectivity index (χ0) is 22.2. The maximum absolute atomic E-state index is 13.4. The van der Waals surface area contributed by atoms with E-state index in [0.29, 0.717) is 31.1 Å². The summed E-state index contributed by atoms with van der Waals surface area (Å²) in [6.45, 7) is 11.9. The molecule has 7 nitrogen and oxygen atoms in total. The zero-order valence-electron chi connectivity index (χ0n) is 19.1. The van der Waals surface area contributed by atoms with Gasteiger partial charge in [-0.3, -0.25) is 0 Å². The molecule has 0 spiro atoms. The largest absolute Gasteiger partial charge is 0.356 e. The van der Waals surface area contributed by atoms with Gasteiger partial charge in [-0.05, 0) is 58.1 Å². The lowest BCUT2D eigenvalue weighted by atomic mass is 10.1. The van der Waals surface area contributed by atoms with Gasteiger partial charge in [-0.25, -0.2) is 18.4 Å². The van der Waals surface area contributed by atoms with Crippen molar-refractivity contribution in [2.75, 3.05) is 49.1 Å². The molecule has 0 unspecified atom stereocenters. The Hall–Kier alpha value is -2.19. The summed E-state index contributed by atoms with van der Waals surface area (Å²) in [6.07, 6.45) is 3.68. The second kappa shape index (κ2) is 8.74. The fraction of sp³-hybridized carbons (Fsp3) is 0.565. The molecule has 1 aromatic carbocycles. The Morgan fingerprint density at radius 2 is 1.23 bits per heavy atom. The van der Waals surface area contributed by atoms with E-state index in [1.807, 2.05) is 39.8 Å². The predicted molar refractivity (Wildman–Crippen MR) is 124 cm³/mol. The van der Waals surface area contributed by atoms with E-state index in [0.717, 1.165) is 47.2 Å². The number of benzene rings is 1. The maximum Gasteiger partial charge on any atom is 0.243 e. The maximum atomic E-state index is 13.4. The zero-order valence-corrected chi connectivity index (χ0v) is 19.9. The van der Waals surface area contributed by atoms with Gasteiger partial charge in [0.15, 0.2) is 0 Å². The molecule has 2 aliphatic rings. The summed E-state index contributed by atoms with van der Waals surface area (Å²) in [7, 11) is -3.51. The van der Waals surface area contributed by atoms with Crippen molar-refractivity contribution in [3.05, 3.63) is 40.7 Å². The normalized spacial score (nSPS) is 18.5. The summed E-state index contributed by atoms with van der Waals surface area (Å²) in [4.78, 5) is 14.3. The molecule has 0 N–H and O–H groups in total. The first-order valence-electron chi connectivity index (χ1n) is 11.2. The number of piperidine rings is 1. The van der Waals surface area contributed by atoms with Crippen molar-refractivity contribution in [3.63, 3.8) is 0 Å². The van der Waals surface area contributed by atoms with Gasteiger partial charge in [-0.2, -0.15) is 4.31 Å². The van der Waals surface area contributed by atoms with Gasteiger partial charge in [-0.1, -0.05) is 17.7 Å². The van der Waals surface area contributed by atoms with Crippen molar-refractivity contribution in [2.45, 2.75) is 51.9 Å². The fourth-order valence-electron chi connectivity index (χ4n) is 4.84. The van der Waals surface area contributed by atoms with Gasteiger partial charge < -0.3 is 9.80 Å². The second-order valence-corrected chi connectivity index (χ2v) is 10.7. The third-order valence-electron chi connectivity index (χ3n) is 6.26. The molecule has 2 saturated heterocycles. The number of piperazine rings is 1. The van der Waals surface area contributed by atoms with Gasteiger partial charge in [0.2, 0.25) is 10.0 Å². The van der Waals surface area contributed by atoms with Gasteiger partial charge in [0, 0.05) is 45.3 Å². The van der Waals surface area contributed by atoms with E-state index >= 15 is 0 Å². The van der Waals surface area contributed by atoms with Gasteiger partial charge >= 0.3 is 0 Å². The molecule has 0 bridgehead atoms. The summed E-state index contributed by atoms with van der Waals surface area (Å²) >= 11 is 0. The van der Waals surface area contributed by atoms with E-state index in [1.54, 1.807) is 4.31 Å². The minimum absolute atomic E-state index is 0.455. The Morgan fingerprint density at radius 1 is 0.710 bits per heavy atom. The van der Waals surface area contributed by atoms with Crippen molar-refractivity contribution >= 4 is 21.7 Å². The average molecular weight is 444 g/mol. The van der Waals surface area contributed by atoms with E-state index in [4.69, 9.17) is 0 Å². The molecule has 0 atom stereocenters. The third kappa shape index (κ3) is 4.55. The highest BCUT2D eigenvalue weighted by Crippen LogP contribution is 2.28. The Bertz CT molecular complexity index is 1030. The van der Waals surface area contributed by atoms with Crippen molar-refractivity contribution < 1.29 is 8.42 Å². The van der Waals surface area contributed by atoms with Gasteiger partial charge in [0.25, 0.3) is 0 Å². The SMILES string of the molecule is Cc1cc(C)c(S(=O)(=O)N2CCN(c3cc(N4CCCCC4)nc(C)n3)CC2)c(C)c1. The molecule has 1 aromatic heterocycles. The number of hydrogen-bond donors (Lipinski definition) is 0. The molecule has 0 amide bonds. The van der Waals surface area contributed by atoms with Crippen molar-refractivity contribution in [3.8, 4) is 0 Å². The minimum Gasteiger partial charge on any atom is -0.356 e. The molecule has 4 rings (SSSR count). The third-order valence-corrected chi connectivity index (χ3v) is 8.46. The molecule has 8 heteroatoms. The van der Waals surface area contributed by atoms with Gasteiger partial charge in [0.1, 0.15) is 17.5 Å². The Balaban J connectivity index is 1.51. The molecule has 2 fully saturated rings. The first-order chi connectivity index (χ1) is 14.8. The first-order valence-corrected chi connectivity index (χ1v) is 12.6. The molecule has 31 heavy (non-hydrogen) atoms. The fourth-order valence-corrected chi connectivity index (χ4v) is 6.68. The predicted octanol–water partition coefficient (Wildman–Crippen LogP) is 3.21. The van der Waals surface area contributed by atoms with Gasteiger partial charge in [-0.15, -0.1) is 0 Å². The van der Waals surface area contributed by atoms with Crippen LogP contribution in [0.5, 0.6) is 0 Å². The smallest absolute Gasteiger partial charge is 0.243 e. The van der Waals surface area contributed by atoms with Crippen LogP contribution in [0.3, 0.4) is 0 Å². The minimum atomic E-state index is -3.51. The lowest BCUT2D eigenvalue weighted by Gasteiger charge is -2.36. The second-order valence-electron chi connectivity index (χ2n) is 8.80. The van der Waals surface area contributed by atoms with Crippen LogP contribution in [0.4, 0.5) is 11.6 Å². The van der Waals surface area contributed by atoms with E-state index in [1.165, 1.54) is 19.3 Å². The average Bonchev–Trinajstić information content (AvgIpc) is 2.73. The molecule has 168 valence electrons. The number of anilines is 2. The van der Waals surface area contributed by atoms with E-state index in [-0.39, 0.29) is 0 Å². The summed E-state index contributed by atoms with van der Waals surface area (Å²) < 4.78 is 28.4. The Morgan fingerprint density at radius 3 is 1.77 bits per heavy atom. The summed E-state index contributed by atoms with van der Waals surface area (Å²) in [5, 5.41) is 0. The van der Waals surface area contributed by atoms with E-state index in [9.17, 15) is 8.42 Å². The highest BCUT2D eigenvalue weighted by molar-refractivity contribution is 7.89. The standard InChI is InChI=1S/C23H33N5O2S/c1-17-14-18(2)23(19(3)15-17)31(29,30)28-12-10-27(11-13-28)22-16-21(24-20(4)25-22)26-8-6-5-7-9-26/h14-16H,5-13H2,1-4H3. The Labute approximate surface area is 186 Å². The van der Waals surface area contributed by atoms with Gasteiger partial charge in [0.05, 0.1) is 4.90 Å². The first kappa shape index (κ1) is 22.0. The molecular formula is C23H33N5O2S. The van der Waals surface area contributed by atoms with Crippen LogP contribution in [0.25, 0.3) is 0 Å². The van der Waals surface area contributed by atoms with Crippen molar-refractivity contribution in [1.82, 2.24) is 14.3 Å². The number of hydrogen-bond acceptors (Lipinski definition) is 6. The van der Waals surface area contributed by atoms with Crippen LogP contribution in [0.1, 0.15) is 41.8 Å². The monoisotopic (exact) mass is 443 g/mol. The Kier molecular flexibility index (Phi) is 6.21.